The molecule has 50 heteroatoms. The van der Waals surface area contributed by atoms with Crippen molar-refractivity contribution in [1.29, 1.82) is 0 Å². The first-order valence-corrected chi connectivity index (χ1v) is 35.4. The summed E-state index contributed by atoms with van der Waals surface area (Å²) in [5.41, 5.74) is 0. The van der Waals surface area contributed by atoms with E-state index in [1.807, 2.05) is 0 Å². The molecule has 8 aliphatic heterocycles. The third-order valence-electron chi connectivity index (χ3n) is 19.0. The Bertz CT molecular complexity index is 3210. The minimum Gasteiger partial charge on any atom is -0.479 e. The average Bonchev–Trinajstić information content (AvgIpc) is 0.762. The predicted octanol–water partition coefficient (Wildman–Crippen LogP) is -14.2. The first-order chi connectivity index (χ1) is 53.8. The molecule has 40 atom stereocenters. The highest BCUT2D eigenvalue weighted by molar-refractivity contribution is 5.74. The number of carbonyl (C=O) groups excluding carboxylic acids is 8. The van der Waals surface area contributed by atoms with Crippen molar-refractivity contribution in [3.8, 4) is 0 Å². The van der Waals surface area contributed by atoms with E-state index in [0.717, 1.165) is 55.4 Å². The normalized spacial score (nSPS) is 43.9. The lowest BCUT2D eigenvalue weighted by molar-refractivity contribution is -0.393. The van der Waals surface area contributed by atoms with Crippen LogP contribution in [0.15, 0.2) is 0 Å². The van der Waals surface area contributed by atoms with Crippen molar-refractivity contribution < 1.29 is 239 Å². The highest BCUT2D eigenvalue weighted by atomic mass is 16.8. The molecule has 8 aliphatic rings. The smallest absolute Gasteiger partial charge is 0.335 e. The highest BCUT2D eigenvalue weighted by Crippen LogP contribution is 2.41. The maximum Gasteiger partial charge on any atom is 0.335 e. The van der Waals surface area contributed by atoms with Crippen LogP contribution in [0.5, 0.6) is 0 Å². The zero-order chi connectivity index (χ0) is 84.5. The number of amides is 1. The van der Waals surface area contributed by atoms with Gasteiger partial charge in [-0.3, -0.25) is 38.4 Å². The van der Waals surface area contributed by atoms with Gasteiger partial charge < -0.3 is 201 Å². The van der Waals surface area contributed by atoms with Crippen LogP contribution in [0, 0.1) is 0 Å². The van der Waals surface area contributed by atoms with Gasteiger partial charge in [-0.25, -0.2) is 4.79 Å². The number of carboxylic acid groups (broad SMARTS) is 1. The fourth-order valence-corrected chi connectivity index (χ4v) is 14.1. The lowest BCUT2D eigenvalue weighted by Crippen LogP contribution is -2.70. The van der Waals surface area contributed by atoms with Crippen LogP contribution >= 0.6 is 0 Å². The Kier molecular flexibility index (Phi) is 33.7. The highest BCUT2D eigenvalue weighted by Gasteiger charge is 2.63. The quantitative estimate of drug-likeness (QED) is 0.0235. The van der Waals surface area contributed by atoms with Gasteiger partial charge in [0.1, 0.15) is 146 Å². The van der Waals surface area contributed by atoms with Gasteiger partial charge in [0, 0.05) is 55.4 Å². The van der Waals surface area contributed by atoms with Crippen LogP contribution in [-0.4, -0.2) is 437 Å². The van der Waals surface area contributed by atoms with E-state index in [1.165, 1.54) is 0 Å². The number of ether oxygens (including phenoxy) is 22. The second-order valence-electron chi connectivity index (χ2n) is 27.2. The maximum atomic E-state index is 13.3. The molecule has 50 nitrogen and oxygen atoms in total. The van der Waals surface area contributed by atoms with Gasteiger partial charge in [0.05, 0.1) is 46.2 Å². The Hall–Kier alpha value is -6.05. The van der Waals surface area contributed by atoms with Gasteiger partial charge in [-0.2, -0.15) is 0 Å². The van der Waals surface area contributed by atoms with Crippen LogP contribution in [0.3, 0.4) is 0 Å². The molecule has 0 bridgehead atoms. The standard InChI is InChI=1S/C64H97NO49/c1-16(73)65-31-33(82)41(25(10-67)102-58(31)108-43-27(12-69)104-62(37(86)49(43)95-19(4)76)111-45-28(13-70)105-61(38(87)51(45)97-21(6)78)109-42-26(11-68)100-57(92)34(83)48(42)94-18(3)75)107-60-36(85)50(96-20(5)77)46(30(15-72)103-60)112-64-40(89)53(99-23(8)80)54(55(114-64)56(90)91)113-63-39(88)52(98-22(7)79)44(29(14-71)106-63)110-59-35(84)47(93-17(2)74)32(81)24(9-66)101-59/h24-55,57-64,66-72,81-89,92H,9-15H2,1-8H3,(H,65,73)(H,90,91). The first-order valence-electron chi connectivity index (χ1n) is 35.4. The number of carboxylic acids is 1. The molecule has 8 rings (SSSR count). The van der Waals surface area contributed by atoms with E-state index in [2.05, 4.69) is 5.32 Å². The monoisotopic (exact) mass is 1660 g/mol. The predicted molar refractivity (Wildman–Crippen MR) is 343 cm³/mol. The van der Waals surface area contributed by atoms with Gasteiger partial charge in [-0.1, -0.05) is 0 Å². The largest absolute Gasteiger partial charge is 0.479 e. The van der Waals surface area contributed by atoms with Crippen LogP contribution in [0.1, 0.15) is 55.4 Å². The lowest BCUT2D eigenvalue weighted by atomic mass is 9.94. The second kappa shape index (κ2) is 41.1. The number of carbonyl (C=O) groups is 9. The lowest BCUT2D eigenvalue weighted by Gasteiger charge is -2.51. The average molecular weight is 1660 g/mol. The summed E-state index contributed by atoms with van der Waals surface area (Å²) in [5, 5.41) is 202. The molecule has 0 aromatic heterocycles. The van der Waals surface area contributed by atoms with Crippen LogP contribution in [0.4, 0.5) is 0 Å². The number of aliphatic hydroxyl groups excluding tert-OH is 17. The fourth-order valence-electron chi connectivity index (χ4n) is 14.1. The summed E-state index contributed by atoms with van der Waals surface area (Å²) in [5.74, 6) is -11.0. The van der Waals surface area contributed by atoms with E-state index in [0.29, 0.717) is 0 Å². The van der Waals surface area contributed by atoms with Crippen molar-refractivity contribution in [2.75, 3.05) is 46.2 Å². The Morgan fingerprint density at radius 3 is 0.781 bits per heavy atom. The van der Waals surface area contributed by atoms with E-state index < -0.39 is 345 Å². The number of hydrogen-bond acceptors (Lipinski definition) is 48. The van der Waals surface area contributed by atoms with Gasteiger partial charge in [0.25, 0.3) is 0 Å². The molecule has 0 spiro atoms. The van der Waals surface area contributed by atoms with Crippen molar-refractivity contribution in [2.45, 2.75) is 301 Å². The summed E-state index contributed by atoms with van der Waals surface area (Å²) in [6, 6.07) is -1.97. The number of aliphatic hydroxyl groups is 17. The molecule has 0 aromatic carbocycles. The Morgan fingerprint density at radius 2 is 0.482 bits per heavy atom. The third-order valence-corrected chi connectivity index (χ3v) is 19.0. The molecule has 652 valence electrons. The molecule has 0 radical (unpaired) electrons. The summed E-state index contributed by atoms with van der Waals surface area (Å²) in [6.07, 6.45) is -81.9. The molecule has 40 unspecified atom stereocenters. The van der Waals surface area contributed by atoms with E-state index in [1.54, 1.807) is 0 Å². The number of nitrogens with one attached hydrogen (secondary N) is 1. The molecule has 19 N–H and O–H groups in total. The summed E-state index contributed by atoms with van der Waals surface area (Å²) in [4.78, 5) is 114. The molecular weight excluding hydrogens is 1570 g/mol. The van der Waals surface area contributed by atoms with Crippen molar-refractivity contribution in [3.05, 3.63) is 0 Å². The van der Waals surface area contributed by atoms with Crippen molar-refractivity contribution in [2.24, 2.45) is 0 Å². The van der Waals surface area contributed by atoms with Crippen molar-refractivity contribution in [3.63, 3.8) is 0 Å². The number of aliphatic carboxylic acids is 1. The van der Waals surface area contributed by atoms with Gasteiger partial charge in [-0.15, -0.1) is 0 Å². The zero-order valence-corrected chi connectivity index (χ0v) is 61.7. The van der Waals surface area contributed by atoms with Crippen LogP contribution in [0.2, 0.25) is 0 Å². The SMILES string of the molecule is CC(=O)NC1C(OC2C(CO)OC(OC3C(CO)OC(OC4C(CO)OC(O)C(O)C4OC(C)=O)C(O)C3OC(C)=O)C(O)C2OC(C)=O)OC(CO)C(OC2OC(CO)C(OC3OC(C(=O)O)C(OC4OC(CO)C(OC5OC(CO)C(O)C(OC(C)=O)C5O)C(OC(C)=O)C4O)C(OC(C)=O)C3O)C(OC(C)=O)C2O)C1O. The van der Waals surface area contributed by atoms with E-state index >= 15 is 0 Å². The molecule has 0 aliphatic carbocycles. The third kappa shape index (κ3) is 21.7. The summed E-state index contributed by atoms with van der Waals surface area (Å²) < 4.78 is 125. The topological polar surface area (TPSA) is 733 Å². The van der Waals surface area contributed by atoms with Crippen LogP contribution < -0.4 is 5.32 Å². The van der Waals surface area contributed by atoms with E-state index in [-0.39, 0.29) is 0 Å². The molecular formula is C64H97NO49. The van der Waals surface area contributed by atoms with Crippen molar-refractivity contribution >= 4 is 53.7 Å². The maximum absolute atomic E-state index is 13.3. The Labute approximate surface area is 643 Å². The summed E-state index contributed by atoms with van der Waals surface area (Å²) in [6.45, 7) is -1.01. The molecule has 0 saturated carbocycles. The van der Waals surface area contributed by atoms with E-state index in [9.17, 15) is 135 Å². The van der Waals surface area contributed by atoms with Gasteiger partial charge in [0.15, 0.2) is 99.2 Å². The first kappa shape index (κ1) is 93.4. The number of rotatable bonds is 30. The number of hydrogen-bond donors (Lipinski definition) is 19. The van der Waals surface area contributed by atoms with Crippen molar-refractivity contribution in [1.82, 2.24) is 5.32 Å². The molecule has 8 saturated heterocycles. The second-order valence-corrected chi connectivity index (χ2v) is 27.2. The molecule has 114 heavy (non-hydrogen) atoms. The molecule has 8 heterocycles. The molecule has 8 fully saturated rings. The minimum atomic E-state index is -2.56. The van der Waals surface area contributed by atoms with Crippen LogP contribution in [-0.2, 0) is 147 Å². The van der Waals surface area contributed by atoms with Gasteiger partial charge in [-0.05, 0) is 0 Å². The summed E-state index contributed by atoms with van der Waals surface area (Å²) >= 11 is 0. The van der Waals surface area contributed by atoms with Gasteiger partial charge in [0.2, 0.25) is 5.91 Å². The van der Waals surface area contributed by atoms with Gasteiger partial charge >= 0.3 is 47.8 Å². The Balaban J connectivity index is 1.000. The molecule has 0 aromatic rings. The zero-order valence-electron chi connectivity index (χ0n) is 61.7. The fraction of sp³-hybridized carbons (Fsp3) is 0.859. The number of esters is 7. The minimum absolute atomic E-state index is 0.770. The van der Waals surface area contributed by atoms with E-state index in [4.69, 9.17) is 104 Å². The summed E-state index contributed by atoms with van der Waals surface area (Å²) in [7, 11) is 0. The van der Waals surface area contributed by atoms with Crippen LogP contribution in [0.25, 0.3) is 0 Å². The molecule has 1 amide bonds. The Morgan fingerprint density at radius 1 is 0.254 bits per heavy atom.